The number of phenols is 1. The lowest BCUT2D eigenvalue weighted by atomic mass is 10.0. The largest absolute Gasteiger partial charge is 0.508 e. The number of benzene rings is 3. The van der Waals surface area contributed by atoms with Gasteiger partial charge in [0.1, 0.15) is 5.75 Å². The summed E-state index contributed by atoms with van der Waals surface area (Å²) >= 11 is 0. The first-order chi connectivity index (χ1) is 16.4. The second-order valence-electron chi connectivity index (χ2n) is 8.10. The highest BCUT2D eigenvalue weighted by Crippen LogP contribution is 2.27. The molecule has 34 heavy (non-hydrogen) atoms. The molecule has 1 aliphatic heterocycles. The second kappa shape index (κ2) is 10.2. The van der Waals surface area contributed by atoms with Gasteiger partial charge in [-0.25, -0.2) is 0 Å². The summed E-state index contributed by atoms with van der Waals surface area (Å²) in [5, 5.41) is 18.9. The van der Waals surface area contributed by atoms with Crippen LogP contribution in [0.3, 0.4) is 0 Å². The minimum Gasteiger partial charge on any atom is -0.508 e. The van der Waals surface area contributed by atoms with Crippen LogP contribution in [0.4, 0.5) is 11.4 Å². The van der Waals surface area contributed by atoms with Crippen LogP contribution in [0.2, 0.25) is 0 Å². The summed E-state index contributed by atoms with van der Waals surface area (Å²) in [5.41, 5.74) is 3.38. The second-order valence-corrected chi connectivity index (χ2v) is 8.10. The van der Waals surface area contributed by atoms with Crippen LogP contribution in [0.15, 0.2) is 66.7 Å². The van der Waals surface area contributed by atoms with Crippen molar-refractivity contribution in [3.8, 4) is 16.9 Å². The number of carbonyl (C=O) groups excluding carboxylic acids is 3. The van der Waals surface area contributed by atoms with Crippen molar-refractivity contribution in [2.45, 2.75) is 6.92 Å². The normalized spacial score (nSPS) is 13.3. The van der Waals surface area contributed by atoms with Crippen LogP contribution in [-0.2, 0) is 4.79 Å². The molecule has 3 aromatic rings. The lowest BCUT2D eigenvalue weighted by Crippen LogP contribution is -2.46. The topological polar surface area (TPSA) is 111 Å². The molecule has 1 heterocycles. The summed E-state index contributed by atoms with van der Waals surface area (Å²) in [6.45, 7) is 4.34. The van der Waals surface area contributed by atoms with Crippen molar-refractivity contribution in [3.63, 3.8) is 0 Å². The summed E-state index contributed by atoms with van der Waals surface area (Å²) in [7, 11) is 0. The van der Waals surface area contributed by atoms with Crippen molar-refractivity contribution in [2.24, 2.45) is 0 Å². The van der Waals surface area contributed by atoms with E-state index in [-0.39, 0.29) is 23.1 Å². The molecule has 0 bridgehead atoms. The summed E-state index contributed by atoms with van der Waals surface area (Å²) in [4.78, 5) is 38.6. The van der Waals surface area contributed by atoms with Gasteiger partial charge in [-0.05, 0) is 59.7 Å². The van der Waals surface area contributed by atoms with E-state index in [2.05, 4.69) is 16.0 Å². The van der Waals surface area contributed by atoms with Crippen LogP contribution < -0.4 is 16.0 Å². The number of rotatable bonds is 5. The van der Waals surface area contributed by atoms with Gasteiger partial charge in [0.25, 0.3) is 11.8 Å². The van der Waals surface area contributed by atoms with Gasteiger partial charge in [0, 0.05) is 55.6 Å². The van der Waals surface area contributed by atoms with Crippen molar-refractivity contribution in [1.82, 2.24) is 10.2 Å². The van der Waals surface area contributed by atoms with Crippen molar-refractivity contribution in [1.29, 1.82) is 0 Å². The lowest BCUT2D eigenvalue weighted by Gasteiger charge is -2.27. The molecule has 0 spiro atoms. The molecule has 1 aliphatic rings. The van der Waals surface area contributed by atoms with Crippen LogP contribution in [0, 0.1) is 0 Å². The Bertz CT molecular complexity index is 1220. The van der Waals surface area contributed by atoms with Gasteiger partial charge in [0.15, 0.2) is 0 Å². The maximum absolute atomic E-state index is 12.8. The molecule has 0 atom stereocenters. The van der Waals surface area contributed by atoms with E-state index >= 15 is 0 Å². The van der Waals surface area contributed by atoms with E-state index in [9.17, 15) is 19.5 Å². The predicted molar refractivity (Wildman–Crippen MR) is 131 cm³/mol. The highest BCUT2D eigenvalue weighted by Gasteiger charge is 2.18. The predicted octanol–water partition coefficient (Wildman–Crippen LogP) is 3.32. The van der Waals surface area contributed by atoms with E-state index in [0.717, 1.165) is 18.7 Å². The molecule has 8 heteroatoms. The fourth-order valence-electron chi connectivity index (χ4n) is 3.85. The van der Waals surface area contributed by atoms with Gasteiger partial charge in [-0.3, -0.25) is 14.4 Å². The molecule has 0 aromatic heterocycles. The number of nitrogens with zero attached hydrogens (tertiary/aromatic N) is 1. The monoisotopic (exact) mass is 458 g/mol. The van der Waals surface area contributed by atoms with Crippen molar-refractivity contribution in [2.75, 3.05) is 36.8 Å². The first kappa shape index (κ1) is 23.0. The Balaban J connectivity index is 1.51. The summed E-state index contributed by atoms with van der Waals surface area (Å²) < 4.78 is 0. The number of amides is 3. The van der Waals surface area contributed by atoms with Gasteiger partial charge < -0.3 is 26.0 Å². The number of carbonyl (C=O) groups is 3. The molecule has 3 amide bonds. The Hall–Kier alpha value is -4.17. The molecular weight excluding hydrogens is 432 g/mol. The number of anilines is 2. The average molecular weight is 459 g/mol. The molecule has 1 saturated heterocycles. The van der Waals surface area contributed by atoms with E-state index < -0.39 is 5.91 Å². The third-order valence-electron chi connectivity index (χ3n) is 5.49. The van der Waals surface area contributed by atoms with Gasteiger partial charge in [-0.15, -0.1) is 0 Å². The number of piperazine rings is 1. The summed E-state index contributed by atoms with van der Waals surface area (Å²) in [6.07, 6.45) is 0. The van der Waals surface area contributed by atoms with Crippen LogP contribution >= 0.6 is 0 Å². The van der Waals surface area contributed by atoms with Gasteiger partial charge in [-0.1, -0.05) is 18.2 Å². The fraction of sp³-hybridized carbons (Fsp3) is 0.192. The molecule has 4 N–H and O–H groups in total. The van der Waals surface area contributed by atoms with Crippen molar-refractivity contribution >= 4 is 29.1 Å². The fourth-order valence-corrected chi connectivity index (χ4v) is 3.85. The number of phenolic OH excluding ortho intramolecular Hbond substituents is 1. The first-order valence-electron chi connectivity index (χ1n) is 11.0. The van der Waals surface area contributed by atoms with E-state index in [1.165, 1.54) is 13.0 Å². The molecular formula is C26H26N4O4. The Morgan fingerprint density at radius 2 is 1.50 bits per heavy atom. The lowest BCUT2D eigenvalue weighted by molar-refractivity contribution is -0.114. The van der Waals surface area contributed by atoms with Gasteiger partial charge in [-0.2, -0.15) is 0 Å². The van der Waals surface area contributed by atoms with Crippen LogP contribution in [-0.4, -0.2) is 53.9 Å². The highest BCUT2D eigenvalue weighted by atomic mass is 16.3. The maximum atomic E-state index is 12.8. The summed E-state index contributed by atoms with van der Waals surface area (Å²) in [5.74, 6) is -0.662. The highest BCUT2D eigenvalue weighted by molar-refractivity contribution is 6.05. The number of hydrogen-bond acceptors (Lipinski definition) is 5. The van der Waals surface area contributed by atoms with Gasteiger partial charge in [0.2, 0.25) is 5.91 Å². The van der Waals surface area contributed by atoms with E-state index in [0.29, 0.717) is 35.6 Å². The zero-order valence-electron chi connectivity index (χ0n) is 18.8. The molecule has 174 valence electrons. The minimum absolute atomic E-state index is 0.00878. The van der Waals surface area contributed by atoms with Gasteiger partial charge >= 0.3 is 0 Å². The Labute approximate surface area is 197 Å². The quantitative estimate of drug-likeness (QED) is 0.469. The van der Waals surface area contributed by atoms with Crippen LogP contribution in [0.1, 0.15) is 27.6 Å². The molecule has 1 fully saturated rings. The molecule has 4 rings (SSSR count). The van der Waals surface area contributed by atoms with Gasteiger partial charge in [0.05, 0.1) is 0 Å². The zero-order valence-corrected chi connectivity index (χ0v) is 18.8. The molecule has 0 aliphatic carbocycles. The smallest absolute Gasteiger partial charge is 0.255 e. The standard InChI is InChI=1S/C26H26N4O4/c1-17(31)28-22-3-2-4-23(16-22)29-25(33)21-13-20(14-24(32)15-21)18-5-7-19(8-6-18)26(34)30-11-9-27-10-12-30/h2-8,13-16,27,32H,9-12H2,1H3,(H,28,31)(H,29,33). The van der Waals surface area contributed by atoms with Crippen molar-refractivity contribution in [3.05, 3.63) is 77.9 Å². The number of nitrogens with one attached hydrogen (secondary N) is 3. The van der Waals surface area contributed by atoms with E-state index in [1.807, 2.05) is 17.0 Å². The molecule has 0 radical (unpaired) electrons. The zero-order chi connectivity index (χ0) is 24.1. The molecule has 3 aromatic carbocycles. The number of aromatic hydroxyl groups is 1. The van der Waals surface area contributed by atoms with E-state index in [4.69, 9.17) is 0 Å². The Morgan fingerprint density at radius 1 is 0.824 bits per heavy atom. The third kappa shape index (κ3) is 5.60. The van der Waals surface area contributed by atoms with E-state index in [1.54, 1.807) is 48.5 Å². The molecule has 0 unspecified atom stereocenters. The SMILES string of the molecule is CC(=O)Nc1cccc(NC(=O)c2cc(O)cc(-c3ccc(C(=O)N4CCNCC4)cc3)c2)c1. The van der Waals surface area contributed by atoms with Crippen LogP contribution in [0.5, 0.6) is 5.75 Å². The number of hydrogen-bond donors (Lipinski definition) is 4. The third-order valence-corrected chi connectivity index (χ3v) is 5.49. The molecule has 8 nitrogen and oxygen atoms in total. The average Bonchev–Trinajstić information content (AvgIpc) is 2.83. The van der Waals surface area contributed by atoms with Crippen molar-refractivity contribution < 1.29 is 19.5 Å². The Morgan fingerprint density at radius 3 is 2.18 bits per heavy atom. The summed E-state index contributed by atoms with van der Waals surface area (Å²) in [6, 6.07) is 18.6. The minimum atomic E-state index is -0.400. The van der Waals surface area contributed by atoms with Crippen LogP contribution in [0.25, 0.3) is 11.1 Å². The molecule has 0 saturated carbocycles. The Kier molecular flexibility index (Phi) is 6.89. The maximum Gasteiger partial charge on any atom is 0.255 e. The first-order valence-corrected chi connectivity index (χ1v) is 11.0.